The molecule has 0 radical (unpaired) electrons. The van der Waals surface area contributed by atoms with Crippen molar-refractivity contribution in [1.29, 1.82) is 0 Å². The third kappa shape index (κ3) is 4.35. The molecule has 2 aliphatic heterocycles. The number of aliphatic hydroxyl groups excluding tert-OH is 1. The van der Waals surface area contributed by atoms with E-state index in [1.165, 1.54) is 4.90 Å². The summed E-state index contributed by atoms with van der Waals surface area (Å²) in [6.45, 7) is 3.16. The maximum Gasteiger partial charge on any atom is 0.407 e. The summed E-state index contributed by atoms with van der Waals surface area (Å²) in [5.74, 6) is 0.522. The molecule has 1 amide bonds. The molecular weight excluding hydrogens is 458 g/mol. The van der Waals surface area contributed by atoms with Gasteiger partial charge >= 0.3 is 6.09 Å². The molecule has 1 aromatic carbocycles. The molecule has 4 heterocycles. The van der Waals surface area contributed by atoms with Gasteiger partial charge in [-0.05, 0) is 43.4 Å². The fraction of sp³-hybridized carbons (Fsp3) is 0.407. The molecule has 188 valence electrons. The minimum Gasteiger partial charge on any atom is -0.465 e. The Morgan fingerprint density at radius 2 is 1.86 bits per heavy atom. The molecule has 3 aromatic rings. The van der Waals surface area contributed by atoms with Crippen LogP contribution in [0.3, 0.4) is 0 Å². The lowest BCUT2D eigenvalue weighted by atomic mass is 9.77. The van der Waals surface area contributed by atoms with E-state index in [-0.39, 0.29) is 18.1 Å². The number of rotatable bonds is 5. The summed E-state index contributed by atoms with van der Waals surface area (Å²) in [4.78, 5) is 37.7. The van der Waals surface area contributed by atoms with Gasteiger partial charge in [0.1, 0.15) is 0 Å². The molecule has 0 bridgehead atoms. The number of hydrogen-bond acceptors (Lipinski definition) is 6. The predicted octanol–water partition coefficient (Wildman–Crippen LogP) is 3.54. The summed E-state index contributed by atoms with van der Waals surface area (Å²) in [5, 5.41) is 21.0. The van der Waals surface area contributed by atoms with Crippen molar-refractivity contribution in [3.05, 3.63) is 76.8 Å². The van der Waals surface area contributed by atoms with E-state index in [0.29, 0.717) is 50.4 Å². The summed E-state index contributed by atoms with van der Waals surface area (Å²) in [7, 11) is 0. The minimum absolute atomic E-state index is 0.143. The van der Waals surface area contributed by atoms with Crippen LogP contribution in [0, 0.1) is 0 Å². The van der Waals surface area contributed by atoms with Gasteiger partial charge in [0.25, 0.3) is 5.56 Å². The van der Waals surface area contributed by atoms with Crippen molar-refractivity contribution >= 4 is 12.0 Å². The number of amides is 1. The van der Waals surface area contributed by atoms with Gasteiger partial charge in [-0.15, -0.1) is 0 Å². The Morgan fingerprint density at radius 3 is 2.56 bits per heavy atom. The van der Waals surface area contributed by atoms with Crippen molar-refractivity contribution in [3.63, 3.8) is 0 Å². The van der Waals surface area contributed by atoms with Gasteiger partial charge in [-0.2, -0.15) is 0 Å². The number of aromatic nitrogens is 3. The second kappa shape index (κ2) is 9.73. The molecule has 1 saturated heterocycles. The molecule has 5 rings (SSSR count). The molecule has 3 atom stereocenters. The number of carboxylic acid groups (broad SMARTS) is 1. The number of aliphatic hydroxyl groups is 1. The number of carbonyl (C=O) groups is 1. The number of likely N-dealkylation sites (tertiary alicyclic amines) is 1. The van der Waals surface area contributed by atoms with Gasteiger partial charge in [-0.25, -0.2) is 9.78 Å². The Kier molecular flexibility index (Phi) is 6.49. The van der Waals surface area contributed by atoms with E-state index in [1.54, 1.807) is 23.0 Å². The lowest BCUT2D eigenvalue weighted by molar-refractivity contribution is 0.0621. The van der Waals surface area contributed by atoms with Crippen LogP contribution in [0.5, 0.6) is 0 Å². The first-order valence-electron chi connectivity index (χ1n) is 12.4. The fourth-order valence-corrected chi connectivity index (χ4v) is 5.73. The highest BCUT2D eigenvalue weighted by Crippen LogP contribution is 2.42. The largest absolute Gasteiger partial charge is 0.465 e. The first-order valence-corrected chi connectivity index (χ1v) is 12.4. The van der Waals surface area contributed by atoms with Gasteiger partial charge < -0.3 is 20.0 Å². The monoisotopic (exact) mass is 489 g/mol. The molecule has 2 N–H and O–H groups in total. The van der Waals surface area contributed by atoms with Gasteiger partial charge in [-0.3, -0.25) is 14.3 Å². The topological polar surface area (TPSA) is 112 Å². The first kappa shape index (κ1) is 24.0. The summed E-state index contributed by atoms with van der Waals surface area (Å²) in [5.41, 5.74) is 1.57. The van der Waals surface area contributed by atoms with Gasteiger partial charge in [0, 0.05) is 48.7 Å². The minimum atomic E-state index is -0.905. The molecule has 2 unspecified atom stereocenters. The number of β-amino-alcohol motifs (C(OH)–C–C–N with tert-alkyl or cyclic N) is 1. The number of piperidine rings is 1. The fourth-order valence-electron chi connectivity index (χ4n) is 5.73. The number of anilines is 1. The van der Waals surface area contributed by atoms with E-state index in [1.807, 2.05) is 49.4 Å². The zero-order valence-electron chi connectivity index (χ0n) is 20.3. The average molecular weight is 490 g/mol. The first-order chi connectivity index (χ1) is 17.4. The molecule has 1 fully saturated rings. The van der Waals surface area contributed by atoms with E-state index in [2.05, 4.69) is 9.88 Å². The van der Waals surface area contributed by atoms with Crippen LogP contribution < -0.4 is 10.5 Å². The Bertz CT molecular complexity index is 1280. The molecule has 2 aromatic heterocycles. The quantitative estimate of drug-likeness (QED) is 0.564. The van der Waals surface area contributed by atoms with Crippen molar-refractivity contribution in [2.24, 2.45) is 0 Å². The third-order valence-corrected chi connectivity index (χ3v) is 7.71. The van der Waals surface area contributed by atoms with E-state index >= 15 is 0 Å². The van der Waals surface area contributed by atoms with Crippen molar-refractivity contribution in [2.45, 2.75) is 56.8 Å². The Balaban J connectivity index is 1.60. The van der Waals surface area contributed by atoms with Crippen LogP contribution in [0.2, 0.25) is 0 Å². The molecule has 0 saturated carbocycles. The molecule has 1 spiro atoms. The number of nitrogens with zero attached hydrogens (tertiary/aromatic N) is 5. The number of benzene rings is 1. The van der Waals surface area contributed by atoms with Gasteiger partial charge in [0.15, 0.2) is 0 Å². The van der Waals surface area contributed by atoms with E-state index < -0.39 is 17.7 Å². The lowest BCUT2D eigenvalue weighted by Gasteiger charge is -2.54. The highest BCUT2D eigenvalue weighted by Gasteiger charge is 2.48. The van der Waals surface area contributed by atoms with Crippen LogP contribution in [0.4, 0.5) is 10.7 Å². The highest BCUT2D eigenvalue weighted by molar-refractivity contribution is 5.66. The SMILES string of the molecule is CCC1CC2(CCN1C(=O)O)CCn1c(nc(-c3ccncc3)cc1=O)N2C[C@@H](O)c1ccccc1. The normalized spacial score (nSPS) is 22.3. The Hall–Kier alpha value is -3.72. The summed E-state index contributed by atoms with van der Waals surface area (Å²) >= 11 is 0. The van der Waals surface area contributed by atoms with Crippen molar-refractivity contribution in [3.8, 4) is 11.3 Å². The molecule has 36 heavy (non-hydrogen) atoms. The second-order valence-corrected chi connectivity index (χ2v) is 9.67. The highest BCUT2D eigenvalue weighted by atomic mass is 16.4. The molecule has 0 aliphatic carbocycles. The van der Waals surface area contributed by atoms with Crippen molar-refractivity contribution in [1.82, 2.24) is 19.4 Å². The summed E-state index contributed by atoms with van der Waals surface area (Å²) < 4.78 is 1.68. The van der Waals surface area contributed by atoms with Crippen LogP contribution in [-0.4, -0.2) is 60.4 Å². The van der Waals surface area contributed by atoms with Crippen molar-refractivity contribution in [2.75, 3.05) is 18.0 Å². The summed E-state index contributed by atoms with van der Waals surface area (Å²) in [6, 6.07) is 14.5. The van der Waals surface area contributed by atoms with Crippen molar-refractivity contribution < 1.29 is 15.0 Å². The summed E-state index contributed by atoms with van der Waals surface area (Å²) in [6.07, 6.45) is 4.23. The van der Waals surface area contributed by atoms with Crippen LogP contribution in [0.1, 0.15) is 44.3 Å². The number of fused-ring (bicyclic) bond motifs is 1. The van der Waals surface area contributed by atoms with Gasteiger partial charge in [-0.1, -0.05) is 37.3 Å². The molecular formula is C27H31N5O4. The second-order valence-electron chi connectivity index (χ2n) is 9.67. The third-order valence-electron chi connectivity index (χ3n) is 7.71. The standard InChI is InChI=1S/C27H31N5O4/c1-2-21-17-27(10-14-30(21)26(35)36)11-15-31-24(34)16-22(19-8-12-28-13-9-19)29-25(31)32(27)18-23(33)20-6-4-3-5-7-20/h3-9,12-13,16,21,23,33H,2,10-11,14-15,17-18H2,1H3,(H,35,36)/t21?,23-,27?/m1/s1. The molecule has 9 nitrogen and oxygen atoms in total. The van der Waals surface area contributed by atoms with Crippen LogP contribution >= 0.6 is 0 Å². The zero-order chi connectivity index (χ0) is 25.3. The van der Waals surface area contributed by atoms with E-state index in [4.69, 9.17) is 4.98 Å². The average Bonchev–Trinajstić information content (AvgIpc) is 2.91. The maximum atomic E-state index is 13.2. The maximum absolute atomic E-state index is 13.2. The number of hydrogen-bond donors (Lipinski definition) is 2. The number of pyridine rings is 1. The lowest BCUT2D eigenvalue weighted by Crippen LogP contribution is -2.63. The Morgan fingerprint density at radius 1 is 1.14 bits per heavy atom. The van der Waals surface area contributed by atoms with Gasteiger partial charge in [0.2, 0.25) is 5.95 Å². The van der Waals surface area contributed by atoms with E-state index in [0.717, 1.165) is 11.1 Å². The van der Waals surface area contributed by atoms with Crippen LogP contribution in [0.15, 0.2) is 65.7 Å². The Labute approximate surface area is 209 Å². The smallest absolute Gasteiger partial charge is 0.407 e. The molecule has 9 heteroatoms. The predicted molar refractivity (Wildman–Crippen MR) is 136 cm³/mol. The van der Waals surface area contributed by atoms with Gasteiger partial charge in [0.05, 0.1) is 18.3 Å². The molecule has 2 aliphatic rings. The zero-order valence-corrected chi connectivity index (χ0v) is 20.3. The van der Waals surface area contributed by atoms with E-state index in [9.17, 15) is 19.8 Å². The van der Waals surface area contributed by atoms with Crippen LogP contribution in [0.25, 0.3) is 11.3 Å². The van der Waals surface area contributed by atoms with Crippen LogP contribution in [-0.2, 0) is 6.54 Å².